The number of benzene rings is 1. The summed E-state index contributed by atoms with van der Waals surface area (Å²) < 4.78 is 11.2. The van der Waals surface area contributed by atoms with Crippen molar-refractivity contribution >= 4 is 5.78 Å². The minimum absolute atomic E-state index is 0.239. The molecule has 1 aromatic carbocycles. The normalized spacial score (nSPS) is 25.1. The van der Waals surface area contributed by atoms with Crippen molar-refractivity contribution in [2.45, 2.75) is 51.2 Å². The molecule has 108 valence electrons. The summed E-state index contributed by atoms with van der Waals surface area (Å²) in [7, 11) is 0. The summed E-state index contributed by atoms with van der Waals surface area (Å²) in [6.45, 7) is 2.79. The molecule has 0 bridgehead atoms. The monoisotopic (exact) mass is 274 g/mol. The van der Waals surface area contributed by atoms with Gasteiger partial charge < -0.3 is 9.47 Å². The number of hydrogen-bond donors (Lipinski definition) is 0. The Hall–Kier alpha value is -1.35. The van der Waals surface area contributed by atoms with Crippen LogP contribution in [-0.2, 0) is 4.74 Å². The minimum atomic E-state index is 0.239. The molecule has 0 unspecified atom stereocenters. The van der Waals surface area contributed by atoms with Crippen LogP contribution in [0.2, 0.25) is 0 Å². The molecule has 0 saturated heterocycles. The van der Waals surface area contributed by atoms with Gasteiger partial charge in [0.05, 0.1) is 12.2 Å². The molecule has 0 atom stereocenters. The minimum Gasteiger partial charge on any atom is -0.490 e. The fourth-order valence-corrected chi connectivity index (χ4v) is 2.69. The van der Waals surface area contributed by atoms with Gasteiger partial charge in [-0.05, 0) is 62.8 Å². The van der Waals surface area contributed by atoms with E-state index in [0.717, 1.165) is 43.6 Å². The van der Waals surface area contributed by atoms with Crippen molar-refractivity contribution in [2.75, 3.05) is 6.61 Å². The van der Waals surface area contributed by atoms with E-state index < -0.39 is 0 Å². The second-order valence-electron chi connectivity index (χ2n) is 5.88. The fraction of sp³-hybridized carbons (Fsp3) is 0.588. The molecule has 1 aromatic rings. The van der Waals surface area contributed by atoms with Crippen molar-refractivity contribution in [3.8, 4) is 5.75 Å². The van der Waals surface area contributed by atoms with Crippen LogP contribution >= 0.6 is 0 Å². The van der Waals surface area contributed by atoms with Crippen molar-refractivity contribution < 1.29 is 14.3 Å². The van der Waals surface area contributed by atoms with E-state index in [1.165, 1.54) is 0 Å². The van der Waals surface area contributed by atoms with Crippen LogP contribution in [0.3, 0.4) is 0 Å². The molecule has 3 rings (SSSR count). The average Bonchev–Trinajstić information content (AvgIpc) is 3.21. The quantitative estimate of drug-likeness (QED) is 0.712. The Kier molecular flexibility index (Phi) is 4.06. The van der Waals surface area contributed by atoms with Crippen LogP contribution in [0.15, 0.2) is 24.3 Å². The first-order chi connectivity index (χ1) is 9.74. The smallest absolute Gasteiger partial charge is 0.163 e. The Bertz CT molecular complexity index is 456. The highest BCUT2D eigenvalue weighted by molar-refractivity contribution is 5.96. The standard InChI is InChI=1S/C17H22O3/c1-2-19-16-9-12(10-16)11-17(18)13-3-5-14(6-4-13)20-15-7-8-15/h3-6,12,15-16H,2,7-11H2,1H3. The van der Waals surface area contributed by atoms with Gasteiger partial charge in [-0.2, -0.15) is 0 Å². The summed E-state index contributed by atoms with van der Waals surface area (Å²) in [5.41, 5.74) is 0.799. The summed E-state index contributed by atoms with van der Waals surface area (Å²) in [6.07, 6.45) is 5.80. The van der Waals surface area contributed by atoms with E-state index in [1.54, 1.807) is 0 Å². The Morgan fingerprint density at radius 1 is 1.15 bits per heavy atom. The summed E-state index contributed by atoms with van der Waals surface area (Å²) in [6, 6.07) is 7.60. The van der Waals surface area contributed by atoms with Gasteiger partial charge in [-0.15, -0.1) is 0 Å². The van der Waals surface area contributed by atoms with Gasteiger partial charge in [-0.1, -0.05) is 0 Å². The van der Waals surface area contributed by atoms with Gasteiger partial charge in [-0.25, -0.2) is 0 Å². The number of carbonyl (C=O) groups is 1. The number of rotatable bonds is 7. The van der Waals surface area contributed by atoms with Gasteiger partial charge in [0.25, 0.3) is 0 Å². The molecule has 2 aliphatic carbocycles. The molecular formula is C17H22O3. The second kappa shape index (κ2) is 5.96. The Morgan fingerprint density at radius 3 is 2.45 bits per heavy atom. The number of ether oxygens (including phenoxy) is 2. The SMILES string of the molecule is CCOC1CC(CC(=O)c2ccc(OC3CC3)cc2)C1. The maximum Gasteiger partial charge on any atom is 0.163 e. The molecule has 0 aliphatic heterocycles. The first-order valence-electron chi connectivity index (χ1n) is 7.66. The van der Waals surface area contributed by atoms with Crippen LogP contribution in [-0.4, -0.2) is 24.6 Å². The van der Waals surface area contributed by atoms with Crippen LogP contribution in [0.4, 0.5) is 0 Å². The maximum atomic E-state index is 12.2. The van der Waals surface area contributed by atoms with Gasteiger partial charge in [0.15, 0.2) is 5.78 Å². The third-order valence-electron chi connectivity index (χ3n) is 4.07. The molecule has 0 N–H and O–H groups in total. The van der Waals surface area contributed by atoms with Crippen LogP contribution in [0.5, 0.6) is 5.75 Å². The molecule has 2 fully saturated rings. The predicted octanol–water partition coefficient (Wildman–Crippen LogP) is 3.62. The summed E-state index contributed by atoms with van der Waals surface area (Å²) in [5, 5.41) is 0. The summed E-state index contributed by atoms with van der Waals surface area (Å²) in [5.74, 6) is 1.62. The predicted molar refractivity (Wildman–Crippen MR) is 77.2 cm³/mol. The zero-order chi connectivity index (χ0) is 13.9. The second-order valence-corrected chi connectivity index (χ2v) is 5.88. The third-order valence-corrected chi connectivity index (χ3v) is 4.07. The third kappa shape index (κ3) is 3.40. The van der Waals surface area contributed by atoms with Crippen molar-refractivity contribution in [1.29, 1.82) is 0 Å². The molecule has 20 heavy (non-hydrogen) atoms. The van der Waals surface area contributed by atoms with E-state index >= 15 is 0 Å². The van der Waals surface area contributed by atoms with Gasteiger partial charge in [-0.3, -0.25) is 4.79 Å². The van der Waals surface area contributed by atoms with E-state index in [-0.39, 0.29) is 5.78 Å². The van der Waals surface area contributed by atoms with Crippen LogP contribution in [0.25, 0.3) is 0 Å². The van der Waals surface area contributed by atoms with E-state index in [1.807, 2.05) is 31.2 Å². The van der Waals surface area contributed by atoms with E-state index in [4.69, 9.17) is 9.47 Å². The van der Waals surface area contributed by atoms with Crippen molar-refractivity contribution in [3.05, 3.63) is 29.8 Å². The molecule has 0 spiro atoms. The van der Waals surface area contributed by atoms with Crippen LogP contribution in [0.1, 0.15) is 49.4 Å². The van der Waals surface area contributed by atoms with Crippen molar-refractivity contribution in [3.63, 3.8) is 0 Å². The first kappa shape index (κ1) is 13.6. The lowest BCUT2D eigenvalue weighted by atomic mass is 9.78. The van der Waals surface area contributed by atoms with E-state index in [0.29, 0.717) is 24.5 Å². The average molecular weight is 274 g/mol. The van der Waals surface area contributed by atoms with Gasteiger partial charge >= 0.3 is 0 Å². The highest BCUT2D eigenvalue weighted by Crippen LogP contribution is 2.34. The largest absolute Gasteiger partial charge is 0.490 e. The Balaban J connectivity index is 1.47. The molecular weight excluding hydrogens is 252 g/mol. The topological polar surface area (TPSA) is 35.5 Å². The number of Topliss-reactive ketones (excluding diaryl/α,β-unsaturated/α-hetero) is 1. The zero-order valence-corrected chi connectivity index (χ0v) is 12.0. The lowest BCUT2D eigenvalue weighted by molar-refractivity contribution is -0.0246. The van der Waals surface area contributed by atoms with Crippen molar-refractivity contribution in [2.24, 2.45) is 5.92 Å². The Morgan fingerprint density at radius 2 is 1.85 bits per heavy atom. The van der Waals surface area contributed by atoms with Crippen molar-refractivity contribution in [1.82, 2.24) is 0 Å². The number of hydrogen-bond acceptors (Lipinski definition) is 3. The molecule has 2 saturated carbocycles. The van der Waals surface area contributed by atoms with Gasteiger partial charge in [0.2, 0.25) is 0 Å². The zero-order valence-electron chi connectivity index (χ0n) is 12.0. The molecule has 3 heteroatoms. The highest BCUT2D eigenvalue weighted by Gasteiger charge is 2.31. The van der Waals surface area contributed by atoms with Crippen LogP contribution < -0.4 is 4.74 Å². The van der Waals surface area contributed by atoms with E-state index in [2.05, 4.69) is 0 Å². The number of ketones is 1. The lowest BCUT2D eigenvalue weighted by Crippen LogP contribution is -2.32. The van der Waals surface area contributed by atoms with Crippen LogP contribution in [0, 0.1) is 5.92 Å². The number of carbonyl (C=O) groups excluding carboxylic acids is 1. The summed E-state index contributed by atoms with van der Waals surface area (Å²) >= 11 is 0. The highest BCUT2D eigenvalue weighted by atomic mass is 16.5. The van der Waals surface area contributed by atoms with Gasteiger partial charge in [0, 0.05) is 18.6 Å². The maximum absolute atomic E-state index is 12.2. The lowest BCUT2D eigenvalue weighted by Gasteiger charge is -2.34. The fourth-order valence-electron chi connectivity index (χ4n) is 2.69. The Labute approximate surface area is 120 Å². The molecule has 0 amide bonds. The molecule has 0 heterocycles. The molecule has 0 radical (unpaired) electrons. The van der Waals surface area contributed by atoms with E-state index in [9.17, 15) is 4.79 Å². The summed E-state index contributed by atoms with van der Waals surface area (Å²) in [4.78, 5) is 12.2. The van der Waals surface area contributed by atoms with Gasteiger partial charge in [0.1, 0.15) is 5.75 Å². The molecule has 3 nitrogen and oxygen atoms in total. The molecule has 2 aliphatic rings. The molecule has 0 aromatic heterocycles. The first-order valence-corrected chi connectivity index (χ1v) is 7.66.